The van der Waals surface area contributed by atoms with Crippen molar-refractivity contribution in [3.63, 3.8) is 0 Å². The number of aromatic nitrogens is 2. The summed E-state index contributed by atoms with van der Waals surface area (Å²) in [6.07, 6.45) is 4.42. The maximum Gasteiger partial charge on any atom is 0.251 e. The summed E-state index contributed by atoms with van der Waals surface area (Å²) in [5, 5.41) is 11.9. The van der Waals surface area contributed by atoms with Crippen molar-refractivity contribution in [3.8, 4) is 17.0 Å². The molecule has 9 nitrogen and oxygen atoms in total. The summed E-state index contributed by atoms with van der Waals surface area (Å²) in [7, 11) is 2.16. The van der Waals surface area contributed by atoms with Crippen molar-refractivity contribution in [1.29, 1.82) is 0 Å². The summed E-state index contributed by atoms with van der Waals surface area (Å²) >= 11 is 0. The molecule has 0 saturated carbocycles. The third-order valence-electron chi connectivity index (χ3n) is 8.98. The molecule has 3 fully saturated rings. The quantitative estimate of drug-likeness (QED) is 0.449. The summed E-state index contributed by atoms with van der Waals surface area (Å²) in [4.78, 5) is 18.4. The molecule has 41 heavy (non-hydrogen) atoms. The molecule has 3 aliphatic heterocycles. The lowest BCUT2D eigenvalue weighted by atomic mass is 9.81. The Hall–Kier alpha value is -2.98. The minimum Gasteiger partial charge on any atom is -0.490 e. The van der Waals surface area contributed by atoms with Gasteiger partial charge in [-0.25, -0.2) is 0 Å². The van der Waals surface area contributed by atoms with Gasteiger partial charge in [0.2, 0.25) is 0 Å². The molecule has 1 aromatic heterocycles. The molecule has 0 radical (unpaired) electrons. The predicted molar refractivity (Wildman–Crippen MR) is 159 cm³/mol. The number of H-pyrrole nitrogens is 1. The molecule has 3 saturated heterocycles. The number of fused-ring (bicyclic) bond motifs is 1. The van der Waals surface area contributed by atoms with Crippen LogP contribution in [0.3, 0.4) is 0 Å². The lowest BCUT2D eigenvalue weighted by Crippen LogP contribution is -2.63. The number of aromatic amines is 1. The van der Waals surface area contributed by atoms with E-state index in [2.05, 4.69) is 46.2 Å². The highest BCUT2D eigenvalue weighted by molar-refractivity contribution is 6.01. The van der Waals surface area contributed by atoms with E-state index < -0.39 is 0 Å². The number of carbonyl (C=O) groups is 1. The second-order valence-electron chi connectivity index (χ2n) is 12.1. The van der Waals surface area contributed by atoms with E-state index in [-0.39, 0.29) is 29.8 Å². The van der Waals surface area contributed by atoms with Crippen LogP contribution in [0.25, 0.3) is 22.2 Å². The molecule has 4 heterocycles. The Morgan fingerprint density at radius 1 is 1.05 bits per heavy atom. The third kappa shape index (κ3) is 6.28. The van der Waals surface area contributed by atoms with E-state index in [1.165, 1.54) is 0 Å². The number of hydrogen-bond donors (Lipinski definition) is 2. The van der Waals surface area contributed by atoms with Crippen LogP contribution < -0.4 is 10.1 Å². The SMILES string of the molecule is C[C@@H]1CC(CNC(=O)c2ccc3[nH]nc(-c4ccc(OC5CCN(C)CC5)cc4)c3c2)(N2CCOCC2)C[C@H](C)O1. The molecule has 2 aromatic carbocycles. The molecule has 0 bridgehead atoms. The Morgan fingerprint density at radius 2 is 1.76 bits per heavy atom. The predicted octanol–water partition coefficient (Wildman–Crippen LogP) is 4.09. The number of rotatable bonds is 7. The smallest absolute Gasteiger partial charge is 0.251 e. The highest BCUT2D eigenvalue weighted by atomic mass is 16.5. The zero-order valence-corrected chi connectivity index (χ0v) is 24.5. The summed E-state index contributed by atoms with van der Waals surface area (Å²) in [5.41, 5.74) is 3.21. The number of carbonyl (C=O) groups excluding carboxylic acids is 1. The second kappa shape index (κ2) is 12.1. The first-order valence-corrected chi connectivity index (χ1v) is 15.1. The first-order chi connectivity index (χ1) is 19.9. The molecule has 1 amide bonds. The van der Waals surface area contributed by atoms with Crippen LogP contribution in [0.1, 0.15) is 49.9 Å². The summed E-state index contributed by atoms with van der Waals surface area (Å²) in [6, 6.07) is 13.9. The molecule has 0 aliphatic carbocycles. The number of nitrogens with zero attached hydrogens (tertiary/aromatic N) is 3. The summed E-state index contributed by atoms with van der Waals surface area (Å²) in [6.45, 7) is 10.2. The Bertz CT molecular complexity index is 1320. The minimum atomic E-state index is -0.140. The van der Waals surface area contributed by atoms with E-state index in [4.69, 9.17) is 14.2 Å². The molecule has 220 valence electrons. The Morgan fingerprint density at radius 3 is 2.46 bits per heavy atom. The highest BCUT2D eigenvalue weighted by Gasteiger charge is 2.44. The van der Waals surface area contributed by atoms with Crippen molar-refractivity contribution < 1.29 is 19.0 Å². The molecule has 9 heteroatoms. The number of amides is 1. The monoisotopic (exact) mass is 561 g/mol. The average molecular weight is 562 g/mol. The molecule has 3 aromatic rings. The highest BCUT2D eigenvalue weighted by Crippen LogP contribution is 2.35. The second-order valence-corrected chi connectivity index (χ2v) is 12.1. The van der Waals surface area contributed by atoms with Gasteiger partial charge in [0, 0.05) is 54.8 Å². The van der Waals surface area contributed by atoms with E-state index >= 15 is 0 Å². The molecular formula is C32H43N5O4. The third-order valence-corrected chi connectivity index (χ3v) is 8.98. The zero-order chi connectivity index (χ0) is 28.4. The maximum absolute atomic E-state index is 13.5. The molecule has 2 N–H and O–H groups in total. The van der Waals surface area contributed by atoms with Gasteiger partial charge in [0.05, 0.1) is 36.6 Å². The van der Waals surface area contributed by atoms with Crippen molar-refractivity contribution in [2.75, 3.05) is 53.0 Å². The lowest BCUT2D eigenvalue weighted by molar-refractivity contribution is -0.122. The number of likely N-dealkylation sites (tertiary alicyclic amines) is 1. The van der Waals surface area contributed by atoms with Crippen LogP contribution in [-0.4, -0.2) is 103 Å². The minimum absolute atomic E-state index is 0.0691. The van der Waals surface area contributed by atoms with Gasteiger partial charge in [0.1, 0.15) is 11.9 Å². The van der Waals surface area contributed by atoms with E-state index in [0.717, 1.165) is 93.0 Å². The van der Waals surface area contributed by atoms with E-state index in [0.29, 0.717) is 12.1 Å². The molecule has 3 aliphatic rings. The summed E-state index contributed by atoms with van der Waals surface area (Å²) in [5.74, 6) is 0.814. The van der Waals surface area contributed by atoms with Crippen molar-refractivity contribution >= 4 is 16.8 Å². The lowest BCUT2D eigenvalue weighted by Gasteiger charge is -2.51. The van der Waals surface area contributed by atoms with Crippen LogP contribution in [0.5, 0.6) is 5.75 Å². The van der Waals surface area contributed by atoms with Crippen LogP contribution in [-0.2, 0) is 9.47 Å². The van der Waals surface area contributed by atoms with Gasteiger partial charge in [-0.05, 0) is 89.0 Å². The normalized spacial score (nSPS) is 26.7. The van der Waals surface area contributed by atoms with E-state index in [9.17, 15) is 4.79 Å². The molecule has 1 unspecified atom stereocenters. The Labute approximate surface area is 242 Å². The number of nitrogens with one attached hydrogen (secondary N) is 2. The van der Waals surface area contributed by atoms with Crippen LogP contribution in [0.2, 0.25) is 0 Å². The van der Waals surface area contributed by atoms with Crippen LogP contribution >= 0.6 is 0 Å². The van der Waals surface area contributed by atoms with Crippen LogP contribution in [0.4, 0.5) is 0 Å². The van der Waals surface area contributed by atoms with Gasteiger partial charge < -0.3 is 24.4 Å². The van der Waals surface area contributed by atoms with Crippen molar-refractivity contribution in [2.24, 2.45) is 0 Å². The van der Waals surface area contributed by atoms with Gasteiger partial charge in [-0.1, -0.05) is 0 Å². The molecule has 0 spiro atoms. The van der Waals surface area contributed by atoms with E-state index in [1.807, 2.05) is 42.5 Å². The number of morpholine rings is 1. The fourth-order valence-electron chi connectivity index (χ4n) is 6.91. The maximum atomic E-state index is 13.5. The summed E-state index contributed by atoms with van der Waals surface area (Å²) < 4.78 is 17.9. The van der Waals surface area contributed by atoms with E-state index in [1.54, 1.807) is 0 Å². The molecular weight excluding hydrogens is 518 g/mol. The van der Waals surface area contributed by atoms with Crippen LogP contribution in [0, 0.1) is 0 Å². The molecule has 3 atom stereocenters. The Kier molecular flexibility index (Phi) is 8.30. The van der Waals surface area contributed by atoms with Gasteiger partial charge in [0.25, 0.3) is 5.91 Å². The van der Waals surface area contributed by atoms with Crippen LogP contribution in [0.15, 0.2) is 42.5 Å². The molecule has 6 rings (SSSR count). The van der Waals surface area contributed by atoms with Gasteiger partial charge in [-0.15, -0.1) is 0 Å². The topological polar surface area (TPSA) is 92.0 Å². The number of benzene rings is 2. The van der Waals surface area contributed by atoms with Crippen molar-refractivity contribution in [1.82, 2.24) is 25.3 Å². The van der Waals surface area contributed by atoms with Gasteiger partial charge >= 0.3 is 0 Å². The fourth-order valence-corrected chi connectivity index (χ4v) is 6.91. The first-order valence-electron chi connectivity index (χ1n) is 15.1. The first kappa shape index (κ1) is 28.2. The number of ether oxygens (including phenoxy) is 3. The zero-order valence-electron chi connectivity index (χ0n) is 24.5. The van der Waals surface area contributed by atoms with Gasteiger partial charge in [0.15, 0.2) is 0 Å². The largest absolute Gasteiger partial charge is 0.490 e. The van der Waals surface area contributed by atoms with Crippen molar-refractivity contribution in [2.45, 2.75) is 63.4 Å². The number of hydrogen-bond acceptors (Lipinski definition) is 7. The number of piperidine rings is 1. The van der Waals surface area contributed by atoms with Gasteiger partial charge in [-0.3, -0.25) is 14.8 Å². The standard InChI is InChI=1S/C32H43N5O4/c1-22-19-32(20-23(2)40-22,37-14-16-39-17-15-37)21-33-31(38)25-6-9-29-28(18-25)30(35-34-29)24-4-7-26(8-5-24)41-27-10-12-36(3)13-11-27/h4-9,18,22-23,27H,10-17,19-21H2,1-3H3,(H,33,38)(H,34,35)/t22-,23+,32?. The van der Waals surface area contributed by atoms with Gasteiger partial charge in [-0.2, -0.15) is 5.10 Å². The Balaban J connectivity index is 1.16. The average Bonchev–Trinajstić information content (AvgIpc) is 3.41. The van der Waals surface area contributed by atoms with Crippen molar-refractivity contribution in [3.05, 3.63) is 48.0 Å². The fraction of sp³-hybridized carbons (Fsp3) is 0.562.